The maximum absolute atomic E-state index is 12.6. The SMILES string of the molecule is CCN(C(=O)N1CCC(C(=O)O)CC1)C1CCCCC1. The second-order valence-corrected chi connectivity index (χ2v) is 5.96. The molecule has 1 saturated heterocycles. The molecule has 1 heterocycles. The van der Waals surface area contributed by atoms with Gasteiger partial charge in [-0.3, -0.25) is 4.79 Å². The van der Waals surface area contributed by atoms with E-state index in [1.807, 2.05) is 16.7 Å². The van der Waals surface area contributed by atoms with Crippen LogP contribution in [0.2, 0.25) is 0 Å². The fraction of sp³-hybridized carbons (Fsp3) is 0.867. The quantitative estimate of drug-likeness (QED) is 0.865. The zero-order chi connectivity index (χ0) is 14.5. The Kier molecular flexibility index (Phi) is 5.26. The van der Waals surface area contributed by atoms with Gasteiger partial charge in [0.1, 0.15) is 0 Å². The van der Waals surface area contributed by atoms with Gasteiger partial charge in [-0.2, -0.15) is 0 Å². The molecule has 20 heavy (non-hydrogen) atoms. The van der Waals surface area contributed by atoms with E-state index in [1.54, 1.807) is 0 Å². The molecular weight excluding hydrogens is 256 g/mol. The summed E-state index contributed by atoms with van der Waals surface area (Å²) >= 11 is 0. The van der Waals surface area contributed by atoms with Crippen LogP contribution in [-0.4, -0.2) is 52.6 Å². The summed E-state index contributed by atoms with van der Waals surface area (Å²) in [4.78, 5) is 27.4. The molecule has 1 aliphatic carbocycles. The average molecular weight is 282 g/mol. The van der Waals surface area contributed by atoms with Crippen molar-refractivity contribution < 1.29 is 14.7 Å². The number of amides is 2. The molecule has 0 unspecified atom stereocenters. The van der Waals surface area contributed by atoms with Crippen molar-refractivity contribution in [2.75, 3.05) is 19.6 Å². The molecule has 0 aromatic rings. The highest BCUT2D eigenvalue weighted by Crippen LogP contribution is 2.25. The Balaban J connectivity index is 1.90. The molecule has 1 saturated carbocycles. The van der Waals surface area contributed by atoms with Gasteiger partial charge in [-0.15, -0.1) is 0 Å². The fourth-order valence-corrected chi connectivity index (χ4v) is 3.44. The van der Waals surface area contributed by atoms with E-state index in [2.05, 4.69) is 0 Å². The summed E-state index contributed by atoms with van der Waals surface area (Å²) in [6, 6.07) is 0.502. The molecule has 2 fully saturated rings. The minimum absolute atomic E-state index is 0.114. The minimum atomic E-state index is -0.725. The van der Waals surface area contributed by atoms with Gasteiger partial charge in [0.15, 0.2) is 0 Å². The lowest BCUT2D eigenvalue weighted by Crippen LogP contribution is -2.51. The number of likely N-dealkylation sites (tertiary alicyclic amines) is 1. The standard InChI is InChI=1S/C15H26N2O3/c1-2-17(13-6-4-3-5-7-13)15(20)16-10-8-12(9-11-16)14(18)19/h12-13H,2-11H2,1H3,(H,18,19). The third kappa shape index (κ3) is 3.44. The molecule has 0 aromatic carbocycles. The summed E-state index contributed by atoms with van der Waals surface area (Å²) in [7, 11) is 0. The lowest BCUT2D eigenvalue weighted by molar-refractivity contribution is -0.143. The van der Waals surface area contributed by atoms with E-state index in [4.69, 9.17) is 5.11 Å². The van der Waals surface area contributed by atoms with Crippen LogP contribution in [0, 0.1) is 5.92 Å². The summed E-state index contributed by atoms with van der Waals surface area (Å²) in [6.07, 6.45) is 7.13. The van der Waals surface area contributed by atoms with Crippen molar-refractivity contribution >= 4 is 12.0 Å². The van der Waals surface area contributed by atoms with Crippen LogP contribution in [-0.2, 0) is 4.79 Å². The lowest BCUT2D eigenvalue weighted by atomic mass is 9.94. The molecule has 0 spiro atoms. The number of carbonyl (C=O) groups excluding carboxylic acids is 1. The Morgan fingerprint density at radius 1 is 1.10 bits per heavy atom. The summed E-state index contributed by atoms with van der Waals surface area (Å²) in [5.74, 6) is -1.000. The molecule has 0 aromatic heterocycles. The highest BCUT2D eigenvalue weighted by Gasteiger charge is 2.31. The monoisotopic (exact) mass is 282 g/mol. The second-order valence-electron chi connectivity index (χ2n) is 5.96. The van der Waals surface area contributed by atoms with Gasteiger partial charge >= 0.3 is 12.0 Å². The summed E-state index contributed by atoms with van der Waals surface area (Å²) in [5.41, 5.74) is 0. The first-order valence-electron chi connectivity index (χ1n) is 7.91. The van der Waals surface area contributed by atoms with Crippen molar-refractivity contribution in [1.82, 2.24) is 9.80 Å². The molecule has 0 atom stereocenters. The van der Waals surface area contributed by atoms with Crippen LogP contribution in [0.15, 0.2) is 0 Å². The zero-order valence-electron chi connectivity index (χ0n) is 12.4. The van der Waals surface area contributed by atoms with Gasteiger partial charge in [-0.25, -0.2) is 4.79 Å². The number of hydrogen-bond donors (Lipinski definition) is 1. The van der Waals surface area contributed by atoms with Crippen molar-refractivity contribution in [1.29, 1.82) is 0 Å². The molecule has 2 rings (SSSR count). The number of urea groups is 1. The smallest absolute Gasteiger partial charge is 0.320 e. The van der Waals surface area contributed by atoms with Gasteiger partial charge in [0, 0.05) is 25.7 Å². The van der Waals surface area contributed by atoms with Gasteiger partial charge < -0.3 is 14.9 Å². The Hall–Kier alpha value is -1.26. The number of hydrogen-bond acceptors (Lipinski definition) is 2. The lowest BCUT2D eigenvalue weighted by Gasteiger charge is -2.39. The number of nitrogens with zero attached hydrogens (tertiary/aromatic N) is 2. The van der Waals surface area contributed by atoms with E-state index in [0.29, 0.717) is 32.0 Å². The predicted octanol–water partition coefficient (Wildman–Crippen LogP) is 2.56. The molecule has 1 N–H and O–H groups in total. The van der Waals surface area contributed by atoms with Gasteiger partial charge in [0.05, 0.1) is 5.92 Å². The van der Waals surface area contributed by atoms with Crippen molar-refractivity contribution in [3.05, 3.63) is 0 Å². The highest BCUT2D eigenvalue weighted by atomic mass is 16.4. The number of carboxylic acids is 1. The van der Waals surface area contributed by atoms with Crippen LogP contribution < -0.4 is 0 Å². The molecule has 0 bridgehead atoms. The molecule has 2 aliphatic rings. The largest absolute Gasteiger partial charge is 0.481 e. The van der Waals surface area contributed by atoms with Crippen LogP contribution in [0.25, 0.3) is 0 Å². The van der Waals surface area contributed by atoms with Crippen molar-refractivity contribution in [2.24, 2.45) is 5.92 Å². The number of carboxylic acid groups (broad SMARTS) is 1. The highest BCUT2D eigenvalue weighted by molar-refractivity contribution is 5.76. The Morgan fingerprint density at radius 3 is 2.20 bits per heavy atom. The second kappa shape index (κ2) is 6.95. The van der Waals surface area contributed by atoms with Crippen LogP contribution in [0.4, 0.5) is 4.79 Å². The number of rotatable bonds is 3. The molecule has 5 nitrogen and oxygen atoms in total. The number of carbonyl (C=O) groups is 2. The number of aliphatic carboxylic acids is 1. The molecular formula is C15H26N2O3. The maximum Gasteiger partial charge on any atom is 0.320 e. The first-order valence-corrected chi connectivity index (χ1v) is 7.91. The summed E-state index contributed by atoms with van der Waals surface area (Å²) in [6.45, 7) is 3.96. The maximum atomic E-state index is 12.6. The van der Waals surface area contributed by atoms with Gasteiger partial charge in [0.2, 0.25) is 0 Å². The van der Waals surface area contributed by atoms with Crippen molar-refractivity contribution in [3.63, 3.8) is 0 Å². The van der Waals surface area contributed by atoms with E-state index >= 15 is 0 Å². The summed E-state index contributed by atoms with van der Waals surface area (Å²) < 4.78 is 0. The Bertz CT molecular complexity index is 345. The predicted molar refractivity (Wildman–Crippen MR) is 76.6 cm³/mol. The van der Waals surface area contributed by atoms with E-state index in [0.717, 1.165) is 19.4 Å². The molecule has 2 amide bonds. The van der Waals surface area contributed by atoms with Crippen LogP contribution in [0.5, 0.6) is 0 Å². The van der Waals surface area contributed by atoms with Gasteiger partial charge in [-0.05, 0) is 32.6 Å². The minimum Gasteiger partial charge on any atom is -0.481 e. The van der Waals surface area contributed by atoms with Gasteiger partial charge in [0.25, 0.3) is 0 Å². The van der Waals surface area contributed by atoms with E-state index in [-0.39, 0.29) is 11.9 Å². The Labute approximate surface area is 120 Å². The van der Waals surface area contributed by atoms with Crippen molar-refractivity contribution in [2.45, 2.75) is 57.9 Å². The normalized spacial score (nSPS) is 21.8. The van der Waals surface area contributed by atoms with Crippen LogP contribution >= 0.6 is 0 Å². The third-order valence-electron chi connectivity index (χ3n) is 4.72. The molecule has 0 radical (unpaired) electrons. The average Bonchev–Trinajstić information content (AvgIpc) is 2.49. The van der Waals surface area contributed by atoms with E-state index in [1.165, 1.54) is 19.3 Å². The first-order chi connectivity index (χ1) is 9.63. The molecule has 114 valence electrons. The summed E-state index contributed by atoms with van der Waals surface area (Å²) in [5, 5.41) is 9.01. The van der Waals surface area contributed by atoms with E-state index in [9.17, 15) is 9.59 Å². The molecule has 1 aliphatic heterocycles. The zero-order valence-corrected chi connectivity index (χ0v) is 12.4. The topological polar surface area (TPSA) is 60.9 Å². The fourth-order valence-electron chi connectivity index (χ4n) is 3.44. The van der Waals surface area contributed by atoms with Crippen molar-refractivity contribution in [3.8, 4) is 0 Å². The van der Waals surface area contributed by atoms with Crippen LogP contribution in [0.1, 0.15) is 51.9 Å². The van der Waals surface area contributed by atoms with Gasteiger partial charge in [-0.1, -0.05) is 19.3 Å². The molecule has 5 heteroatoms. The first kappa shape index (κ1) is 15.1. The third-order valence-corrected chi connectivity index (χ3v) is 4.72. The van der Waals surface area contributed by atoms with Crippen LogP contribution in [0.3, 0.4) is 0 Å². The van der Waals surface area contributed by atoms with E-state index < -0.39 is 5.97 Å². The Morgan fingerprint density at radius 2 is 1.70 bits per heavy atom. The number of piperidine rings is 1.